The van der Waals surface area contributed by atoms with Gasteiger partial charge in [0.05, 0.1) is 25.4 Å². The maximum absolute atomic E-state index is 13.4. The normalized spacial score (nSPS) is 19.6. The zero-order chi connectivity index (χ0) is 23.7. The molecule has 34 heavy (non-hydrogen) atoms. The summed E-state index contributed by atoms with van der Waals surface area (Å²) in [7, 11) is 1.54. The lowest BCUT2D eigenvalue weighted by Gasteiger charge is -2.28. The third-order valence-corrected chi connectivity index (χ3v) is 6.63. The van der Waals surface area contributed by atoms with E-state index in [0.29, 0.717) is 25.4 Å². The Balaban J connectivity index is 1.32. The Kier molecular flexibility index (Phi) is 5.92. The van der Waals surface area contributed by atoms with Gasteiger partial charge in [0.1, 0.15) is 0 Å². The van der Waals surface area contributed by atoms with Gasteiger partial charge in [0, 0.05) is 59.8 Å². The van der Waals surface area contributed by atoms with Crippen LogP contribution in [0, 0.1) is 6.92 Å². The first-order chi connectivity index (χ1) is 16.6. The van der Waals surface area contributed by atoms with Gasteiger partial charge >= 0.3 is 0 Å². The molecule has 1 aliphatic carbocycles. The number of aromatic nitrogens is 1. The molecule has 5 rings (SSSR count). The van der Waals surface area contributed by atoms with E-state index in [-0.39, 0.29) is 11.9 Å². The molecule has 7 heteroatoms. The van der Waals surface area contributed by atoms with Gasteiger partial charge in [0.15, 0.2) is 5.76 Å². The van der Waals surface area contributed by atoms with E-state index in [1.165, 1.54) is 16.5 Å². The van der Waals surface area contributed by atoms with Gasteiger partial charge in [-0.2, -0.15) is 0 Å². The van der Waals surface area contributed by atoms with E-state index >= 15 is 0 Å². The molecule has 0 fully saturated rings. The average Bonchev–Trinajstić information content (AvgIpc) is 3.22. The van der Waals surface area contributed by atoms with Gasteiger partial charge in [-0.25, -0.2) is 0 Å². The first-order valence-electron chi connectivity index (χ1n) is 11.6. The van der Waals surface area contributed by atoms with Crippen LogP contribution in [0.4, 0.5) is 0 Å². The Bertz CT molecular complexity index is 1310. The molecule has 174 valence electrons. The lowest BCUT2D eigenvalue weighted by Crippen LogP contribution is -2.38. The molecule has 2 aromatic rings. The minimum absolute atomic E-state index is 0.0415. The molecule has 7 nitrogen and oxygen atoms in total. The maximum atomic E-state index is 13.4. The number of benzene rings is 1. The summed E-state index contributed by atoms with van der Waals surface area (Å²) in [4.78, 5) is 27.6. The smallest absolute Gasteiger partial charge is 0.289 e. The molecule has 1 aromatic heterocycles. The molecule has 1 aromatic carbocycles. The highest BCUT2D eigenvalue weighted by Crippen LogP contribution is 2.29. The Morgan fingerprint density at radius 3 is 3.06 bits per heavy atom. The molecular formula is C27H29N5O2. The number of hydrogen-bond acceptors (Lipinski definition) is 5. The zero-order valence-corrected chi connectivity index (χ0v) is 19.6. The SMILES string of the molecule is C=C/C(CNC1=CC=C2N=CC=NC2C1)=C(\OC)C(=O)N1CCc2c([nH]c3cc(C)ccc23)C1. The molecule has 3 aliphatic rings. The van der Waals surface area contributed by atoms with E-state index < -0.39 is 0 Å². The third kappa shape index (κ3) is 4.09. The highest BCUT2D eigenvalue weighted by atomic mass is 16.5. The van der Waals surface area contributed by atoms with Crippen LogP contribution in [0.2, 0.25) is 0 Å². The van der Waals surface area contributed by atoms with Crippen LogP contribution < -0.4 is 5.32 Å². The number of carbonyl (C=O) groups excluding carboxylic acids is 1. The van der Waals surface area contributed by atoms with Crippen LogP contribution in [0.3, 0.4) is 0 Å². The lowest BCUT2D eigenvalue weighted by molar-refractivity contribution is -0.131. The first kappa shape index (κ1) is 21.9. The first-order valence-corrected chi connectivity index (χ1v) is 11.6. The minimum atomic E-state index is -0.120. The number of nitrogens with one attached hydrogen (secondary N) is 2. The second-order valence-electron chi connectivity index (χ2n) is 8.80. The number of ether oxygens (including phenoxy) is 1. The van der Waals surface area contributed by atoms with Crippen molar-refractivity contribution >= 4 is 29.2 Å². The second-order valence-corrected chi connectivity index (χ2v) is 8.80. The molecule has 3 heterocycles. The van der Waals surface area contributed by atoms with Gasteiger partial charge in [-0.1, -0.05) is 24.8 Å². The van der Waals surface area contributed by atoms with Gasteiger partial charge in [0.25, 0.3) is 5.91 Å². The molecule has 1 amide bonds. The molecule has 0 saturated heterocycles. The summed E-state index contributed by atoms with van der Waals surface area (Å²) in [5.41, 5.74) is 7.49. The number of methoxy groups -OCH3 is 1. The summed E-state index contributed by atoms with van der Waals surface area (Å²) in [5, 5.41) is 4.67. The van der Waals surface area contributed by atoms with Crippen LogP contribution in [-0.2, 0) is 22.5 Å². The molecule has 2 aliphatic heterocycles. The van der Waals surface area contributed by atoms with Crippen molar-refractivity contribution in [2.24, 2.45) is 9.98 Å². The zero-order valence-electron chi connectivity index (χ0n) is 19.6. The Morgan fingerprint density at radius 2 is 2.24 bits per heavy atom. The van der Waals surface area contributed by atoms with Gasteiger partial charge in [-0.3, -0.25) is 14.8 Å². The molecule has 1 unspecified atom stereocenters. The molecular weight excluding hydrogens is 426 g/mol. The number of aliphatic imine (C=N–C) groups is 2. The van der Waals surface area contributed by atoms with E-state index in [9.17, 15) is 4.79 Å². The number of allylic oxidation sites excluding steroid dienone is 2. The number of hydrogen-bond donors (Lipinski definition) is 2. The Hall–Kier alpha value is -3.87. The number of carbonyl (C=O) groups is 1. The number of nitrogens with zero attached hydrogens (tertiary/aromatic N) is 3. The van der Waals surface area contributed by atoms with Crippen molar-refractivity contribution in [1.29, 1.82) is 0 Å². The van der Waals surface area contributed by atoms with E-state index in [0.717, 1.165) is 41.0 Å². The van der Waals surface area contributed by atoms with Gasteiger partial charge < -0.3 is 19.9 Å². The lowest BCUT2D eigenvalue weighted by atomic mass is 10.0. The van der Waals surface area contributed by atoms with E-state index in [4.69, 9.17) is 4.74 Å². The summed E-state index contributed by atoms with van der Waals surface area (Å²) in [6.07, 6.45) is 10.7. The van der Waals surface area contributed by atoms with Crippen molar-refractivity contribution in [3.8, 4) is 0 Å². The fourth-order valence-corrected chi connectivity index (χ4v) is 4.82. The van der Waals surface area contributed by atoms with Crippen LogP contribution in [0.1, 0.15) is 23.2 Å². The monoisotopic (exact) mass is 455 g/mol. The van der Waals surface area contributed by atoms with Crippen LogP contribution in [0.15, 0.2) is 75.7 Å². The molecule has 0 bridgehead atoms. The summed E-state index contributed by atoms with van der Waals surface area (Å²) < 4.78 is 5.60. The fourth-order valence-electron chi connectivity index (χ4n) is 4.82. The van der Waals surface area contributed by atoms with E-state index in [2.05, 4.69) is 52.0 Å². The highest BCUT2D eigenvalue weighted by Gasteiger charge is 2.28. The molecule has 2 N–H and O–H groups in total. The summed E-state index contributed by atoms with van der Waals surface area (Å²) >= 11 is 0. The topological polar surface area (TPSA) is 82.1 Å². The van der Waals surface area contributed by atoms with Crippen molar-refractivity contribution in [2.75, 3.05) is 20.2 Å². The predicted molar refractivity (Wildman–Crippen MR) is 136 cm³/mol. The highest BCUT2D eigenvalue weighted by molar-refractivity contribution is 6.17. The van der Waals surface area contributed by atoms with Crippen molar-refractivity contribution in [2.45, 2.75) is 32.4 Å². The van der Waals surface area contributed by atoms with Crippen molar-refractivity contribution < 1.29 is 9.53 Å². The number of aromatic amines is 1. The third-order valence-electron chi connectivity index (χ3n) is 6.63. The Morgan fingerprint density at radius 1 is 1.35 bits per heavy atom. The summed E-state index contributed by atoms with van der Waals surface area (Å²) in [5.74, 6) is 0.205. The van der Waals surface area contributed by atoms with Crippen LogP contribution in [0.25, 0.3) is 10.9 Å². The summed E-state index contributed by atoms with van der Waals surface area (Å²) in [6.45, 7) is 7.64. The Labute approximate surface area is 199 Å². The number of amides is 1. The average molecular weight is 456 g/mol. The maximum Gasteiger partial charge on any atom is 0.289 e. The van der Waals surface area contributed by atoms with Crippen LogP contribution in [-0.4, -0.2) is 54.5 Å². The number of fused-ring (bicyclic) bond motifs is 4. The van der Waals surface area contributed by atoms with Gasteiger partial charge in [-0.05, 0) is 42.7 Å². The fraction of sp³-hybridized carbons (Fsp3) is 0.296. The number of rotatable bonds is 6. The largest absolute Gasteiger partial charge is 0.491 e. The molecule has 1 atom stereocenters. The molecule has 0 saturated carbocycles. The van der Waals surface area contributed by atoms with E-state index in [1.54, 1.807) is 25.6 Å². The minimum Gasteiger partial charge on any atom is -0.491 e. The van der Waals surface area contributed by atoms with Gasteiger partial charge in [-0.15, -0.1) is 0 Å². The van der Waals surface area contributed by atoms with Crippen molar-refractivity contribution in [3.05, 3.63) is 82.6 Å². The standard InChI is InChI=1S/C27H29N5O2/c1-4-18(15-30-19-6-8-22-24(14-19)29-11-10-28-22)26(34-3)27(33)32-12-9-21-20-7-5-17(2)13-23(20)31-25(21)16-32/h4-8,10-11,13,24,30-31H,1,9,12,14-16H2,2-3H3/b26-18+. The summed E-state index contributed by atoms with van der Waals surface area (Å²) in [6, 6.07) is 6.50. The quantitative estimate of drug-likeness (QED) is 0.396. The molecule has 0 spiro atoms. The van der Waals surface area contributed by atoms with Crippen molar-refractivity contribution in [1.82, 2.24) is 15.2 Å². The predicted octanol–water partition coefficient (Wildman–Crippen LogP) is 3.73. The molecule has 0 radical (unpaired) electrons. The van der Waals surface area contributed by atoms with E-state index in [1.807, 2.05) is 17.1 Å². The van der Waals surface area contributed by atoms with Gasteiger partial charge in [0.2, 0.25) is 0 Å². The van der Waals surface area contributed by atoms with Crippen LogP contribution in [0.5, 0.6) is 0 Å². The van der Waals surface area contributed by atoms with Crippen LogP contribution >= 0.6 is 0 Å². The van der Waals surface area contributed by atoms with Crippen molar-refractivity contribution in [3.63, 3.8) is 0 Å². The number of H-pyrrole nitrogens is 1. The second kappa shape index (κ2) is 9.17. The number of aryl methyl sites for hydroxylation is 1.